The van der Waals surface area contributed by atoms with E-state index in [0.717, 1.165) is 34.9 Å². The van der Waals surface area contributed by atoms with Crippen LogP contribution in [0, 0.1) is 5.92 Å². The van der Waals surface area contributed by atoms with Crippen LogP contribution in [-0.2, 0) is 0 Å². The summed E-state index contributed by atoms with van der Waals surface area (Å²) in [6.07, 6.45) is 13.7. The maximum absolute atomic E-state index is 12.8. The van der Waals surface area contributed by atoms with Gasteiger partial charge in [-0.25, -0.2) is 0 Å². The van der Waals surface area contributed by atoms with Crippen LogP contribution in [0.4, 0.5) is 5.69 Å². The van der Waals surface area contributed by atoms with Crippen molar-refractivity contribution >= 4 is 17.2 Å². The van der Waals surface area contributed by atoms with E-state index < -0.39 is 0 Å². The summed E-state index contributed by atoms with van der Waals surface area (Å²) in [5.74, 6) is 1.34. The summed E-state index contributed by atoms with van der Waals surface area (Å²) in [6, 6.07) is 17.7. The maximum Gasteiger partial charge on any atom is 0.165 e. The van der Waals surface area contributed by atoms with Gasteiger partial charge in [0.05, 0.1) is 12.8 Å². The van der Waals surface area contributed by atoms with Crippen LogP contribution in [0.3, 0.4) is 0 Å². The molecule has 3 rings (SSSR count). The zero-order valence-corrected chi connectivity index (χ0v) is 29.3. The number of unbranched alkanes of at least 4 members (excludes halogenated alkanes) is 4. The van der Waals surface area contributed by atoms with Gasteiger partial charge in [0.15, 0.2) is 17.3 Å². The minimum atomic E-state index is -0.206. The van der Waals surface area contributed by atoms with Gasteiger partial charge < -0.3 is 14.9 Å². The quantitative estimate of drug-likeness (QED) is 0.0769. The third-order valence-corrected chi connectivity index (χ3v) is 7.95. The molecule has 2 N–H and O–H groups in total. The van der Waals surface area contributed by atoms with Gasteiger partial charge in [-0.05, 0) is 66.8 Å². The molecule has 0 saturated carbocycles. The summed E-state index contributed by atoms with van der Waals surface area (Å²) in [5.41, 5.74) is 4.18. The number of benzene rings is 3. The molecule has 0 atom stereocenters. The minimum Gasteiger partial charge on any atom is -0.504 e. The van der Waals surface area contributed by atoms with E-state index in [1.54, 1.807) is 25.3 Å². The van der Waals surface area contributed by atoms with Gasteiger partial charge in [0.2, 0.25) is 0 Å². The molecule has 0 aliphatic rings. The molecule has 5 nitrogen and oxygen atoms in total. The van der Waals surface area contributed by atoms with Crippen molar-refractivity contribution < 1.29 is 19.7 Å². The topological polar surface area (TPSA) is 79.1 Å². The van der Waals surface area contributed by atoms with E-state index in [-0.39, 0.29) is 17.3 Å². The van der Waals surface area contributed by atoms with Crippen molar-refractivity contribution in [1.82, 2.24) is 0 Å². The summed E-state index contributed by atoms with van der Waals surface area (Å²) in [7, 11) is 1.62. The van der Waals surface area contributed by atoms with Crippen LogP contribution >= 0.6 is 0 Å². The Morgan fingerprint density at radius 1 is 0.733 bits per heavy atom. The Labute approximate surface area is 273 Å². The largest absolute Gasteiger partial charge is 0.504 e. The highest BCUT2D eigenvalue weighted by atomic mass is 16.5. The molecule has 0 radical (unpaired) electrons. The lowest BCUT2D eigenvalue weighted by Gasteiger charge is -2.11. The summed E-state index contributed by atoms with van der Waals surface area (Å²) >= 11 is 0. The Morgan fingerprint density at radius 3 is 1.89 bits per heavy atom. The lowest BCUT2D eigenvalue weighted by Crippen LogP contribution is -2.02. The first-order valence-electron chi connectivity index (χ1n) is 17.1. The number of para-hydroxylation sites is 1. The number of rotatable bonds is 15. The fraction of sp³-hybridized carbons (Fsp3) is 0.500. The molecular weight excluding hydrogens is 558 g/mol. The van der Waals surface area contributed by atoms with Gasteiger partial charge in [-0.1, -0.05) is 124 Å². The van der Waals surface area contributed by atoms with Gasteiger partial charge >= 0.3 is 0 Å². The van der Waals surface area contributed by atoms with Crippen LogP contribution < -0.4 is 4.74 Å². The van der Waals surface area contributed by atoms with E-state index in [4.69, 9.17) is 9.73 Å². The van der Waals surface area contributed by atoms with E-state index in [2.05, 4.69) is 34.6 Å². The molecular formula is C40H59NO4. The van der Waals surface area contributed by atoms with E-state index in [1.807, 2.05) is 44.2 Å². The maximum atomic E-state index is 12.8. The van der Waals surface area contributed by atoms with Crippen LogP contribution in [0.15, 0.2) is 65.7 Å². The summed E-state index contributed by atoms with van der Waals surface area (Å²) in [6.45, 7) is 15.2. The van der Waals surface area contributed by atoms with Crippen LogP contribution in [-0.4, -0.2) is 28.8 Å². The Kier molecular flexibility index (Phi) is 20.0. The third-order valence-electron chi connectivity index (χ3n) is 7.95. The molecule has 45 heavy (non-hydrogen) atoms. The van der Waals surface area contributed by atoms with Crippen molar-refractivity contribution in [2.75, 3.05) is 7.11 Å². The average Bonchev–Trinajstić information content (AvgIpc) is 3.06. The summed E-state index contributed by atoms with van der Waals surface area (Å²) in [5, 5.41) is 19.4. The first-order valence-corrected chi connectivity index (χ1v) is 17.1. The Morgan fingerprint density at radius 2 is 1.33 bits per heavy atom. The second kappa shape index (κ2) is 22.8. The van der Waals surface area contributed by atoms with Gasteiger partial charge in [-0.2, -0.15) is 0 Å². The first kappa shape index (κ1) is 39.4. The van der Waals surface area contributed by atoms with Crippen LogP contribution in [0.25, 0.3) is 11.1 Å². The van der Waals surface area contributed by atoms with Crippen LogP contribution in [0.5, 0.6) is 17.2 Å². The van der Waals surface area contributed by atoms with Crippen molar-refractivity contribution in [3.8, 4) is 28.4 Å². The highest BCUT2D eigenvalue weighted by molar-refractivity contribution is 6.06. The number of ketones is 1. The first-order chi connectivity index (χ1) is 21.7. The van der Waals surface area contributed by atoms with Gasteiger partial charge in [-0.15, -0.1) is 0 Å². The Hall–Kier alpha value is -3.60. The molecule has 3 aromatic carbocycles. The molecule has 0 aliphatic heterocycles. The molecule has 248 valence electrons. The standard InChI is InChI=1S/C25H25NO4.C9H20.C6H14/c1-4-7-22(27)20-14-17(18-11-13-23(28)24(29)15-18)10-12-21(20)26-16(2)19-8-5-6-9-25(19)30-3;1-4-7-8-9(5-2)6-3;1-3-5-6-4-2/h5-6,8-15,28-29H,4,7H2,1-3H3;9H,4-8H2,1-3H3;3-6H2,1-2H3. The number of phenols is 2. The van der Waals surface area contributed by atoms with Gasteiger partial charge in [0.25, 0.3) is 0 Å². The lowest BCUT2D eigenvalue weighted by atomic mass is 9.97. The predicted octanol–water partition coefficient (Wildman–Crippen LogP) is 12.1. The molecule has 0 heterocycles. The van der Waals surface area contributed by atoms with Crippen molar-refractivity contribution in [1.29, 1.82) is 0 Å². The smallest absolute Gasteiger partial charge is 0.165 e. The van der Waals surface area contributed by atoms with E-state index >= 15 is 0 Å². The number of carbonyl (C=O) groups excluding carboxylic acids is 1. The Bertz CT molecular complexity index is 1290. The molecule has 0 bridgehead atoms. The summed E-state index contributed by atoms with van der Waals surface area (Å²) < 4.78 is 5.43. The fourth-order valence-electron chi connectivity index (χ4n) is 4.98. The number of Topliss-reactive ketones (excluding diaryl/α,β-unsaturated/α-hetero) is 1. The number of methoxy groups -OCH3 is 1. The third kappa shape index (κ3) is 13.9. The van der Waals surface area contributed by atoms with Crippen LogP contribution in [0.2, 0.25) is 0 Å². The number of hydrogen-bond donors (Lipinski definition) is 2. The minimum absolute atomic E-state index is 0.00827. The van der Waals surface area contributed by atoms with Gasteiger partial charge in [0, 0.05) is 23.3 Å². The number of aliphatic imine (C=N–C) groups is 1. The zero-order chi connectivity index (χ0) is 33.6. The molecule has 0 unspecified atom stereocenters. The fourth-order valence-corrected chi connectivity index (χ4v) is 4.98. The molecule has 0 saturated heterocycles. The molecule has 0 aromatic heterocycles. The molecule has 0 amide bonds. The predicted molar refractivity (Wildman–Crippen MR) is 193 cm³/mol. The number of nitrogens with zero attached hydrogens (tertiary/aromatic N) is 1. The van der Waals surface area contributed by atoms with Gasteiger partial charge in [0.1, 0.15) is 5.75 Å². The van der Waals surface area contributed by atoms with Gasteiger partial charge in [-0.3, -0.25) is 9.79 Å². The van der Waals surface area contributed by atoms with Crippen molar-refractivity contribution in [3.63, 3.8) is 0 Å². The Balaban J connectivity index is 0.000000559. The van der Waals surface area contributed by atoms with Crippen molar-refractivity contribution in [3.05, 3.63) is 71.8 Å². The second-order valence-electron chi connectivity index (χ2n) is 11.5. The van der Waals surface area contributed by atoms with E-state index in [0.29, 0.717) is 23.2 Å². The lowest BCUT2D eigenvalue weighted by molar-refractivity contribution is 0.0982. The molecule has 5 heteroatoms. The average molecular weight is 618 g/mol. The molecule has 0 fully saturated rings. The molecule has 0 spiro atoms. The van der Waals surface area contributed by atoms with E-state index in [1.165, 1.54) is 69.9 Å². The highest BCUT2D eigenvalue weighted by Gasteiger charge is 2.15. The highest BCUT2D eigenvalue weighted by Crippen LogP contribution is 2.34. The SMILES string of the molecule is CCCC(=O)c1cc(-c2ccc(O)c(O)c2)ccc1N=C(C)c1ccccc1OC.CCCCC(CC)CC.CCCCCC. The zero-order valence-electron chi connectivity index (χ0n) is 29.3. The van der Waals surface area contributed by atoms with E-state index in [9.17, 15) is 15.0 Å². The monoisotopic (exact) mass is 617 g/mol. The molecule has 0 aliphatic carbocycles. The van der Waals surface area contributed by atoms with Crippen LogP contribution in [0.1, 0.15) is 135 Å². The number of ether oxygens (including phenoxy) is 1. The van der Waals surface area contributed by atoms with Crippen molar-refractivity contribution in [2.24, 2.45) is 10.9 Å². The second-order valence-corrected chi connectivity index (χ2v) is 11.5. The normalized spacial score (nSPS) is 10.9. The molecule has 3 aromatic rings. The van der Waals surface area contributed by atoms with Crippen molar-refractivity contribution in [2.45, 2.75) is 119 Å². The number of carbonyl (C=O) groups is 1. The number of phenolic OH excluding ortho intramolecular Hbond substituents is 2. The number of hydrogen-bond acceptors (Lipinski definition) is 5. The number of aromatic hydroxyl groups is 2. The summed E-state index contributed by atoms with van der Waals surface area (Å²) in [4.78, 5) is 17.6.